The van der Waals surface area contributed by atoms with Crippen molar-refractivity contribution >= 4 is 45.7 Å². The molecule has 76 heavy (non-hydrogen) atoms. The number of unbranched alkanes of at least 4 members (excludes halogenated alkanes) is 24. The molecule has 0 fully saturated rings. The van der Waals surface area contributed by atoms with Crippen molar-refractivity contribution in [2.75, 3.05) is 90.8 Å². The van der Waals surface area contributed by atoms with Crippen LogP contribution in [0.1, 0.15) is 279 Å². The molecule has 0 aromatic rings. The van der Waals surface area contributed by atoms with Gasteiger partial charge in [-0.15, -0.1) is 0 Å². The number of hydrogen-bond acceptors (Lipinski definition) is 11. The Balaban J connectivity index is 0. The Bertz CT molecular complexity index is 1220. The van der Waals surface area contributed by atoms with Crippen LogP contribution in [0.5, 0.6) is 0 Å². The third-order valence-corrected chi connectivity index (χ3v) is 16.9. The Morgan fingerprint density at radius 2 is 0.829 bits per heavy atom. The molecule has 13 heteroatoms. The molecule has 0 saturated heterocycles. The van der Waals surface area contributed by atoms with Gasteiger partial charge in [-0.3, -0.25) is 14.4 Å². The fraction of sp³-hybridized carbons (Fsp3) is 0.937. The number of aliphatic hydroxyl groups is 1. The number of aliphatic hydroxyl groups excluding tert-OH is 1. The Labute approximate surface area is 478 Å². The number of rotatable bonds is 60. The third-order valence-electron chi connectivity index (χ3n) is 14.5. The smallest absolute Gasteiger partial charge is 0.308 e. The molecule has 0 spiro atoms. The second-order valence-electron chi connectivity index (χ2n) is 21.7. The van der Waals surface area contributed by atoms with Crippen molar-refractivity contribution in [1.29, 1.82) is 0 Å². The highest BCUT2D eigenvalue weighted by molar-refractivity contribution is 8.76. The number of carbonyl (C=O) groups is 4. The maximum atomic E-state index is 13.0. The predicted octanol–water partition coefficient (Wildman–Crippen LogP) is 15.7. The summed E-state index contributed by atoms with van der Waals surface area (Å²) in [5.74, 6) is 2.31. The lowest BCUT2D eigenvalue weighted by atomic mass is 9.94. The van der Waals surface area contributed by atoms with Gasteiger partial charge in [-0.25, -0.2) is 0 Å². The van der Waals surface area contributed by atoms with E-state index in [0.717, 1.165) is 141 Å². The minimum atomic E-state index is 0.0212. The molecule has 0 heterocycles. The van der Waals surface area contributed by atoms with Crippen LogP contribution in [0.15, 0.2) is 0 Å². The lowest BCUT2D eigenvalue weighted by Gasteiger charge is -2.22. The summed E-state index contributed by atoms with van der Waals surface area (Å²) >= 11 is 0. The van der Waals surface area contributed by atoms with Crippen LogP contribution in [0, 0.1) is 11.8 Å². The number of nitrogens with one attached hydrogen (secondary N) is 2. The Hall–Kier alpha value is -1.38. The number of carbonyl (C=O) groups excluding carboxylic acids is 4. The number of nitrogens with zero attached hydrogens (tertiary/aromatic N) is 2. The van der Waals surface area contributed by atoms with E-state index in [1.165, 1.54) is 154 Å². The van der Waals surface area contributed by atoms with Crippen molar-refractivity contribution in [2.24, 2.45) is 11.8 Å². The zero-order valence-corrected chi connectivity index (χ0v) is 52.5. The molecular weight excluding hydrogens is 989 g/mol. The van der Waals surface area contributed by atoms with Crippen LogP contribution in [0.3, 0.4) is 0 Å². The summed E-state index contributed by atoms with van der Waals surface area (Å²) in [6, 6.07) is 0. The average molecular weight is 1120 g/mol. The summed E-state index contributed by atoms with van der Waals surface area (Å²) in [5, 5.41) is 15.4. The van der Waals surface area contributed by atoms with E-state index in [2.05, 4.69) is 55.1 Å². The third kappa shape index (κ3) is 57.3. The second kappa shape index (κ2) is 64.4. The molecule has 0 bridgehead atoms. The van der Waals surface area contributed by atoms with E-state index in [0.29, 0.717) is 38.5 Å². The van der Waals surface area contributed by atoms with Gasteiger partial charge in [0.05, 0.1) is 12.5 Å². The Morgan fingerprint density at radius 3 is 1.26 bits per heavy atom. The van der Waals surface area contributed by atoms with Crippen LogP contribution in [0.2, 0.25) is 0 Å². The van der Waals surface area contributed by atoms with E-state index in [9.17, 15) is 24.3 Å². The van der Waals surface area contributed by atoms with E-state index in [4.69, 9.17) is 9.47 Å². The minimum Gasteiger partial charge on any atom is -0.465 e. The molecule has 2 atom stereocenters. The van der Waals surface area contributed by atoms with E-state index in [1.54, 1.807) is 28.7 Å². The fourth-order valence-corrected chi connectivity index (χ4v) is 11.3. The normalized spacial score (nSPS) is 12.2. The van der Waals surface area contributed by atoms with E-state index in [-0.39, 0.29) is 30.3 Å². The Morgan fingerprint density at radius 1 is 0.461 bits per heavy atom. The highest BCUT2D eigenvalue weighted by Crippen LogP contribution is 2.22. The van der Waals surface area contributed by atoms with Crippen LogP contribution in [0.25, 0.3) is 0 Å². The van der Waals surface area contributed by atoms with Gasteiger partial charge in [-0.05, 0) is 96.8 Å². The van der Waals surface area contributed by atoms with Gasteiger partial charge in [0.15, 0.2) is 0 Å². The van der Waals surface area contributed by atoms with Gasteiger partial charge >= 0.3 is 5.97 Å². The van der Waals surface area contributed by atoms with Crippen molar-refractivity contribution in [3.8, 4) is 0 Å². The first-order valence-electron chi connectivity index (χ1n) is 32.2. The summed E-state index contributed by atoms with van der Waals surface area (Å²) in [7, 11) is 5.23. The molecule has 0 aliphatic carbocycles. The first kappa shape index (κ1) is 76.7. The van der Waals surface area contributed by atoms with Crippen LogP contribution in [-0.2, 0) is 28.7 Å². The number of hydrogen-bond donors (Lipinski definition) is 3. The molecule has 0 aliphatic heterocycles. The number of ether oxygens (including phenoxy) is 2. The first-order chi connectivity index (χ1) is 37.3. The second-order valence-corrected chi connectivity index (χ2v) is 24.4. The van der Waals surface area contributed by atoms with E-state index < -0.39 is 0 Å². The number of esters is 1. The zero-order chi connectivity index (χ0) is 56.1. The van der Waals surface area contributed by atoms with Gasteiger partial charge in [0.2, 0.25) is 11.8 Å². The molecule has 0 aromatic heterocycles. The maximum absolute atomic E-state index is 13.0. The molecule has 452 valence electrons. The first-order valence-corrected chi connectivity index (χ1v) is 34.7. The van der Waals surface area contributed by atoms with Crippen molar-refractivity contribution in [3.63, 3.8) is 0 Å². The van der Waals surface area contributed by atoms with Gasteiger partial charge < -0.3 is 39.8 Å². The SMILES string of the molecule is CCCCCCCCC(C=O)CCCCCC.CCCCCCCCC(CCCCCC)C(=O)OCCCCCCN(CCCCO)CCC(=O)NCCSSCCNC(=O)CCN(CCCC)CCCCCCOC. The zero-order valence-electron chi connectivity index (χ0n) is 50.9. The summed E-state index contributed by atoms with van der Waals surface area (Å²) in [4.78, 5) is 53.8. The summed E-state index contributed by atoms with van der Waals surface area (Å²) in [6.45, 7) is 19.5. The van der Waals surface area contributed by atoms with Gasteiger partial charge in [-0.2, -0.15) is 0 Å². The van der Waals surface area contributed by atoms with Crippen LogP contribution < -0.4 is 10.6 Å². The van der Waals surface area contributed by atoms with Gasteiger partial charge in [0, 0.05) is 76.8 Å². The van der Waals surface area contributed by atoms with Crippen molar-refractivity contribution < 1.29 is 33.8 Å². The molecule has 0 radical (unpaired) electrons. The van der Waals surface area contributed by atoms with Crippen LogP contribution >= 0.6 is 21.6 Å². The molecule has 0 aromatic carbocycles. The molecule has 2 amide bonds. The standard InChI is InChI=1S/C47H94N4O6S2.C16H32O/c1-5-8-11-13-14-20-28-44(27-19-12-9-6-2)47(55)57-41-26-18-16-22-35-51(36-23-24-39-52)38-30-46(54)49-32-43-59-58-42-31-48-45(53)29-37-50(33-10-7-3)34-21-15-17-25-40-56-4;1-3-5-7-9-10-12-14-16(15-17)13-11-8-6-4-2/h44,52H,5-43H2,1-4H3,(H,48,53)(H,49,54);15-16H,3-14H2,1-2H3. The van der Waals surface area contributed by atoms with Crippen molar-refractivity contribution in [1.82, 2.24) is 20.4 Å². The van der Waals surface area contributed by atoms with E-state index >= 15 is 0 Å². The summed E-state index contributed by atoms with van der Waals surface area (Å²) in [6.07, 6.45) is 44.6. The lowest BCUT2D eigenvalue weighted by Crippen LogP contribution is -2.33. The number of aldehydes is 1. The Kier molecular flexibility index (Phi) is 65.0. The van der Waals surface area contributed by atoms with E-state index in [1.807, 2.05) is 0 Å². The van der Waals surface area contributed by atoms with Crippen molar-refractivity contribution in [2.45, 2.75) is 279 Å². The fourth-order valence-electron chi connectivity index (χ4n) is 9.46. The highest BCUT2D eigenvalue weighted by Gasteiger charge is 2.19. The van der Waals surface area contributed by atoms with Gasteiger partial charge in [0.1, 0.15) is 6.29 Å². The molecule has 0 rings (SSSR count). The number of methoxy groups -OCH3 is 1. The molecular formula is C63H126N4O7S2. The predicted molar refractivity (Wildman–Crippen MR) is 331 cm³/mol. The monoisotopic (exact) mass is 1110 g/mol. The molecule has 0 saturated carbocycles. The van der Waals surface area contributed by atoms with Gasteiger partial charge in [-0.1, -0.05) is 217 Å². The highest BCUT2D eigenvalue weighted by atomic mass is 33.1. The summed E-state index contributed by atoms with van der Waals surface area (Å²) < 4.78 is 10.9. The molecule has 0 aliphatic rings. The maximum Gasteiger partial charge on any atom is 0.308 e. The molecule has 2 unspecified atom stereocenters. The quantitative estimate of drug-likeness (QED) is 0.0232. The van der Waals surface area contributed by atoms with Crippen LogP contribution in [-0.4, -0.2) is 130 Å². The van der Waals surface area contributed by atoms with Gasteiger partial charge in [0.25, 0.3) is 0 Å². The topological polar surface area (TPSA) is 138 Å². The minimum absolute atomic E-state index is 0.0212. The summed E-state index contributed by atoms with van der Waals surface area (Å²) in [5.41, 5.74) is 0. The lowest BCUT2D eigenvalue weighted by molar-refractivity contribution is -0.149. The number of amides is 2. The van der Waals surface area contributed by atoms with Crippen LogP contribution in [0.4, 0.5) is 0 Å². The average Bonchev–Trinajstić information content (AvgIpc) is 3.42. The largest absolute Gasteiger partial charge is 0.465 e. The van der Waals surface area contributed by atoms with Crippen molar-refractivity contribution in [3.05, 3.63) is 0 Å². The molecule has 11 nitrogen and oxygen atoms in total. The molecule has 3 N–H and O–H groups in total.